The zero-order valence-electron chi connectivity index (χ0n) is 22.5. The minimum Gasteiger partial charge on any atom is -0.352 e. The van der Waals surface area contributed by atoms with Crippen molar-refractivity contribution in [2.45, 2.75) is 77.3 Å². The van der Waals surface area contributed by atoms with Crippen molar-refractivity contribution >= 4 is 27.5 Å². The molecule has 8 heteroatoms. The van der Waals surface area contributed by atoms with Gasteiger partial charge in [-0.2, -0.15) is 0 Å². The van der Waals surface area contributed by atoms with Gasteiger partial charge in [-0.25, -0.2) is 8.42 Å². The molecule has 1 aliphatic rings. The molecule has 0 unspecified atom stereocenters. The van der Waals surface area contributed by atoms with Crippen molar-refractivity contribution in [2.75, 3.05) is 23.7 Å². The third kappa shape index (κ3) is 7.81. The molecule has 2 amide bonds. The lowest BCUT2D eigenvalue weighted by molar-refractivity contribution is -0.139. The molecule has 0 saturated heterocycles. The number of hydrogen-bond donors (Lipinski definition) is 1. The van der Waals surface area contributed by atoms with E-state index in [1.807, 2.05) is 63.2 Å². The van der Waals surface area contributed by atoms with Gasteiger partial charge in [-0.3, -0.25) is 13.9 Å². The van der Waals surface area contributed by atoms with Crippen LogP contribution in [0.1, 0.15) is 69.9 Å². The molecule has 1 saturated carbocycles. The van der Waals surface area contributed by atoms with Crippen LogP contribution in [0.25, 0.3) is 0 Å². The molecule has 2 aromatic rings. The van der Waals surface area contributed by atoms with Crippen LogP contribution in [0.5, 0.6) is 0 Å². The first kappa shape index (κ1) is 28.7. The van der Waals surface area contributed by atoms with Crippen LogP contribution in [0.3, 0.4) is 0 Å². The standard InChI is InChI=1S/C29H41N3O4S/c1-5-26(29(34)30-24-15-9-10-16-24)31(20-19-23-13-7-6-8-14-23)28(33)21-32(37(4,35)36)27-18-12-11-17-25(27)22(2)3/h6-8,11-14,17-18,22,24,26H,5,9-10,15-16,19-21H2,1-4H3,(H,30,34)/t26-/m1/s1. The summed E-state index contributed by atoms with van der Waals surface area (Å²) in [5.74, 6) is -0.469. The summed E-state index contributed by atoms with van der Waals surface area (Å²) in [5.41, 5.74) is 2.40. The van der Waals surface area contributed by atoms with E-state index in [9.17, 15) is 18.0 Å². The average molecular weight is 528 g/mol. The Labute approximate surface area is 222 Å². The van der Waals surface area contributed by atoms with E-state index < -0.39 is 16.1 Å². The highest BCUT2D eigenvalue weighted by molar-refractivity contribution is 7.92. The summed E-state index contributed by atoms with van der Waals surface area (Å²) in [7, 11) is -3.76. The Morgan fingerprint density at radius 1 is 1.00 bits per heavy atom. The summed E-state index contributed by atoms with van der Waals surface area (Å²) < 4.78 is 27.0. The zero-order valence-corrected chi connectivity index (χ0v) is 23.3. The highest BCUT2D eigenvalue weighted by atomic mass is 32.2. The molecule has 0 spiro atoms. The molecule has 1 aliphatic carbocycles. The topological polar surface area (TPSA) is 86.8 Å². The summed E-state index contributed by atoms with van der Waals surface area (Å²) in [6.45, 7) is 5.85. The summed E-state index contributed by atoms with van der Waals surface area (Å²) >= 11 is 0. The Kier molecular flexibility index (Phi) is 10.1. The number of nitrogens with one attached hydrogen (secondary N) is 1. The Bertz CT molecular complexity index is 1140. The molecule has 3 rings (SSSR count). The van der Waals surface area contributed by atoms with E-state index in [1.54, 1.807) is 17.0 Å². The maximum absolute atomic E-state index is 13.9. The number of nitrogens with zero attached hydrogens (tertiary/aromatic N) is 2. The third-order valence-electron chi connectivity index (χ3n) is 7.08. The number of sulfonamides is 1. The van der Waals surface area contributed by atoms with Crippen LogP contribution in [0.4, 0.5) is 5.69 Å². The van der Waals surface area contributed by atoms with Crippen LogP contribution >= 0.6 is 0 Å². The van der Waals surface area contributed by atoms with E-state index in [0.717, 1.165) is 43.1 Å². The lowest BCUT2D eigenvalue weighted by Gasteiger charge is -2.34. The minimum absolute atomic E-state index is 0.0744. The SMILES string of the molecule is CC[C@H](C(=O)NC1CCCC1)N(CCc1ccccc1)C(=O)CN(c1ccccc1C(C)C)S(C)(=O)=O. The first-order valence-corrected chi connectivity index (χ1v) is 15.2. The number of carbonyl (C=O) groups is 2. The van der Waals surface area contributed by atoms with Gasteiger partial charge < -0.3 is 10.2 Å². The number of hydrogen-bond acceptors (Lipinski definition) is 4. The molecule has 1 atom stereocenters. The molecule has 1 fully saturated rings. The number of para-hydroxylation sites is 1. The van der Waals surface area contributed by atoms with Crippen molar-refractivity contribution < 1.29 is 18.0 Å². The van der Waals surface area contributed by atoms with Crippen molar-refractivity contribution in [3.05, 3.63) is 65.7 Å². The minimum atomic E-state index is -3.76. The molecular formula is C29H41N3O4S. The molecule has 0 bridgehead atoms. The number of anilines is 1. The van der Waals surface area contributed by atoms with Crippen LogP contribution in [-0.4, -0.2) is 56.6 Å². The van der Waals surface area contributed by atoms with Gasteiger partial charge in [0.1, 0.15) is 12.6 Å². The van der Waals surface area contributed by atoms with Crippen molar-refractivity contribution in [1.29, 1.82) is 0 Å². The van der Waals surface area contributed by atoms with E-state index in [2.05, 4.69) is 5.32 Å². The fourth-order valence-electron chi connectivity index (χ4n) is 5.06. The van der Waals surface area contributed by atoms with Crippen molar-refractivity contribution in [3.63, 3.8) is 0 Å². The predicted molar refractivity (Wildman–Crippen MR) is 149 cm³/mol. The number of amides is 2. The molecule has 1 N–H and O–H groups in total. The van der Waals surface area contributed by atoms with E-state index in [4.69, 9.17) is 0 Å². The van der Waals surface area contributed by atoms with Gasteiger partial charge in [0.05, 0.1) is 11.9 Å². The van der Waals surface area contributed by atoms with E-state index in [0.29, 0.717) is 25.1 Å². The monoisotopic (exact) mass is 527 g/mol. The molecule has 37 heavy (non-hydrogen) atoms. The van der Waals surface area contributed by atoms with E-state index >= 15 is 0 Å². The lowest BCUT2D eigenvalue weighted by atomic mass is 10.0. The molecule has 0 radical (unpaired) electrons. The van der Waals surface area contributed by atoms with E-state index in [1.165, 1.54) is 4.31 Å². The van der Waals surface area contributed by atoms with Crippen LogP contribution in [0.15, 0.2) is 54.6 Å². The van der Waals surface area contributed by atoms with Crippen molar-refractivity contribution in [3.8, 4) is 0 Å². The summed E-state index contributed by atoms with van der Waals surface area (Å²) in [6, 6.07) is 16.5. The number of rotatable bonds is 12. The first-order chi connectivity index (χ1) is 17.6. The fraction of sp³-hybridized carbons (Fsp3) is 0.517. The largest absolute Gasteiger partial charge is 0.352 e. The number of benzene rings is 2. The van der Waals surface area contributed by atoms with Gasteiger partial charge >= 0.3 is 0 Å². The second kappa shape index (κ2) is 13.1. The quantitative estimate of drug-likeness (QED) is 0.441. The summed E-state index contributed by atoms with van der Waals surface area (Å²) in [5, 5.41) is 3.14. The van der Waals surface area contributed by atoms with Crippen molar-refractivity contribution in [1.82, 2.24) is 10.2 Å². The van der Waals surface area contributed by atoms with Gasteiger partial charge in [0.15, 0.2) is 0 Å². The van der Waals surface area contributed by atoms with Crippen LogP contribution in [-0.2, 0) is 26.0 Å². The second-order valence-electron chi connectivity index (χ2n) is 10.2. The average Bonchev–Trinajstić information content (AvgIpc) is 3.37. The van der Waals surface area contributed by atoms with Gasteiger partial charge in [-0.15, -0.1) is 0 Å². The zero-order chi connectivity index (χ0) is 27.0. The summed E-state index contributed by atoms with van der Waals surface area (Å²) in [4.78, 5) is 28.8. The van der Waals surface area contributed by atoms with Gasteiger partial charge in [-0.05, 0) is 48.8 Å². The smallest absolute Gasteiger partial charge is 0.244 e. The normalized spacial score (nSPS) is 14.9. The Balaban J connectivity index is 1.91. The van der Waals surface area contributed by atoms with Crippen LogP contribution in [0.2, 0.25) is 0 Å². The second-order valence-corrected chi connectivity index (χ2v) is 12.1. The first-order valence-electron chi connectivity index (χ1n) is 13.3. The molecule has 2 aromatic carbocycles. The third-order valence-corrected chi connectivity index (χ3v) is 8.20. The molecule has 0 aromatic heterocycles. The highest BCUT2D eigenvalue weighted by Gasteiger charge is 2.33. The number of carbonyl (C=O) groups excluding carboxylic acids is 2. The maximum Gasteiger partial charge on any atom is 0.244 e. The Morgan fingerprint density at radius 3 is 2.22 bits per heavy atom. The van der Waals surface area contributed by atoms with Crippen LogP contribution in [0, 0.1) is 0 Å². The maximum atomic E-state index is 13.9. The highest BCUT2D eigenvalue weighted by Crippen LogP contribution is 2.29. The Morgan fingerprint density at radius 2 is 1.62 bits per heavy atom. The van der Waals surface area contributed by atoms with Gasteiger partial charge in [-0.1, -0.05) is 82.1 Å². The van der Waals surface area contributed by atoms with E-state index in [-0.39, 0.29) is 30.3 Å². The molecule has 7 nitrogen and oxygen atoms in total. The van der Waals surface area contributed by atoms with Crippen molar-refractivity contribution in [2.24, 2.45) is 0 Å². The Hall–Kier alpha value is -2.87. The molecule has 202 valence electrons. The van der Waals surface area contributed by atoms with Crippen LogP contribution < -0.4 is 9.62 Å². The van der Waals surface area contributed by atoms with Gasteiger partial charge in [0.2, 0.25) is 21.8 Å². The summed E-state index contributed by atoms with van der Waals surface area (Å²) in [6.07, 6.45) is 6.23. The molecule has 0 aliphatic heterocycles. The predicted octanol–water partition coefficient (Wildman–Crippen LogP) is 4.48. The fourth-order valence-corrected chi connectivity index (χ4v) is 5.93. The van der Waals surface area contributed by atoms with Gasteiger partial charge in [0.25, 0.3) is 0 Å². The van der Waals surface area contributed by atoms with Gasteiger partial charge in [0, 0.05) is 12.6 Å². The lowest BCUT2D eigenvalue weighted by Crippen LogP contribution is -2.54. The molecule has 0 heterocycles. The molecular weight excluding hydrogens is 486 g/mol.